The number of piperidine rings is 1. The molecule has 1 aliphatic rings. The summed E-state index contributed by atoms with van der Waals surface area (Å²) in [6, 6.07) is 3.42. The second-order valence-electron chi connectivity index (χ2n) is 5.31. The van der Waals surface area contributed by atoms with Gasteiger partial charge in [-0.15, -0.1) is 0 Å². The molecule has 4 nitrogen and oxygen atoms in total. The highest BCUT2D eigenvalue weighted by molar-refractivity contribution is 6.33. The van der Waals surface area contributed by atoms with Gasteiger partial charge in [0.15, 0.2) is 0 Å². The number of likely N-dealkylation sites (tertiary alicyclic amines) is 1. The van der Waals surface area contributed by atoms with Crippen molar-refractivity contribution < 1.29 is 4.79 Å². The number of hydrogen-bond acceptors (Lipinski definition) is 2. The second kappa shape index (κ2) is 5.70. The van der Waals surface area contributed by atoms with Gasteiger partial charge in [-0.3, -0.25) is 0 Å². The van der Waals surface area contributed by atoms with Crippen molar-refractivity contribution in [2.24, 2.45) is 5.92 Å². The Morgan fingerprint density at radius 3 is 2.95 bits per heavy atom. The van der Waals surface area contributed by atoms with Gasteiger partial charge >= 0.3 is 6.03 Å². The second-order valence-corrected chi connectivity index (χ2v) is 5.72. The topological polar surface area (TPSA) is 58.4 Å². The fraction of sp³-hybridized carbons (Fsp3) is 0.500. The minimum absolute atomic E-state index is 0.0597. The Kier molecular flexibility index (Phi) is 4.20. The van der Waals surface area contributed by atoms with E-state index in [9.17, 15) is 4.79 Å². The fourth-order valence-corrected chi connectivity index (χ4v) is 2.57. The molecule has 0 saturated carbocycles. The quantitative estimate of drug-likeness (QED) is 0.774. The van der Waals surface area contributed by atoms with Gasteiger partial charge in [0.25, 0.3) is 0 Å². The maximum Gasteiger partial charge on any atom is 0.321 e. The van der Waals surface area contributed by atoms with Crippen molar-refractivity contribution in [3.8, 4) is 0 Å². The van der Waals surface area contributed by atoms with Crippen molar-refractivity contribution in [3.63, 3.8) is 0 Å². The van der Waals surface area contributed by atoms with E-state index in [0.717, 1.165) is 30.8 Å². The highest BCUT2D eigenvalue weighted by Crippen LogP contribution is 2.27. The van der Waals surface area contributed by atoms with Gasteiger partial charge in [0.05, 0.1) is 10.7 Å². The van der Waals surface area contributed by atoms with Crippen molar-refractivity contribution in [1.82, 2.24) is 4.90 Å². The molecule has 2 amide bonds. The van der Waals surface area contributed by atoms with E-state index in [1.54, 1.807) is 12.1 Å². The molecule has 1 aromatic carbocycles. The van der Waals surface area contributed by atoms with Crippen molar-refractivity contribution in [2.75, 3.05) is 24.1 Å². The zero-order valence-corrected chi connectivity index (χ0v) is 12.1. The summed E-state index contributed by atoms with van der Waals surface area (Å²) in [6.07, 6.45) is 2.26. The Morgan fingerprint density at radius 1 is 1.53 bits per heavy atom. The number of rotatable bonds is 1. The third kappa shape index (κ3) is 3.32. The van der Waals surface area contributed by atoms with Crippen LogP contribution in [0.4, 0.5) is 16.2 Å². The number of nitrogens with one attached hydrogen (secondary N) is 1. The Labute approximate surface area is 118 Å². The number of halogens is 1. The molecule has 1 unspecified atom stereocenters. The summed E-state index contributed by atoms with van der Waals surface area (Å²) in [4.78, 5) is 14.1. The molecule has 19 heavy (non-hydrogen) atoms. The van der Waals surface area contributed by atoms with Gasteiger partial charge in [-0.1, -0.05) is 18.5 Å². The number of aryl methyl sites for hydroxylation is 1. The van der Waals surface area contributed by atoms with E-state index in [4.69, 9.17) is 17.3 Å². The van der Waals surface area contributed by atoms with Gasteiger partial charge < -0.3 is 16.0 Å². The molecule has 1 fully saturated rings. The Bertz CT molecular complexity index is 490. The third-order valence-electron chi connectivity index (χ3n) is 3.53. The molecule has 0 spiro atoms. The Balaban J connectivity index is 2.08. The van der Waals surface area contributed by atoms with Crippen LogP contribution in [0.5, 0.6) is 0 Å². The average Bonchev–Trinajstić information content (AvgIpc) is 2.36. The molecule has 2 rings (SSSR count). The maximum atomic E-state index is 12.2. The number of nitrogens with two attached hydrogens (primary N) is 1. The molecule has 0 bridgehead atoms. The van der Waals surface area contributed by atoms with Crippen molar-refractivity contribution in [3.05, 3.63) is 22.7 Å². The molecule has 1 saturated heterocycles. The molecule has 0 aliphatic carbocycles. The largest absolute Gasteiger partial charge is 0.398 e. The maximum absolute atomic E-state index is 12.2. The molecule has 3 N–H and O–H groups in total. The first-order valence-corrected chi connectivity index (χ1v) is 6.96. The SMILES string of the molecule is Cc1cc(N)c(Cl)cc1NC(=O)N1CCCC(C)C1. The first kappa shape index (κ1) is 14.0. The van der Waals surface area contributed by atoms with E-state index in [2.05, 4.69) is 12.2 Å². The van der Waals surface area contributed by atoms with Crippen molar-refractivity contribution in [1.29, 1.82) is 0 Å². The Hall–Kier alpha value is -1.42. The number of nitrogen functional groups attached to an aromatic ring is 1. The molecular formula is C14H20ClN3O. The highest BCUT2D eigenvalue weighted by atomic mass is 35.5. The molecule has 5 heteroatoms. The van der Waals surface area contributed by atoms with Gasteiger partial charge in [-0.05, 0) is 43.4 Å². The van der Waals surface area contributed by atoms with Gasteiger partial charge in [0, 0.05) is 18.8 Å². The molecule has 1 aromatic rings. The van der Waals surface area contributed by atoms with E-state index < -0.39 is 0 Å². The van der Waals surface area contributed by atoms with Crippen LogP contribution in [0, 0.1) is 12.8 Å². The minimum atomic E-state index is -0.0597. The molecule has 1 atom stereocenters. The lowest BCUT2D eigenvalue weighted by Gasteiger charge is -2.31. The zero-order chi connectivity index (χ0) is 14.0. The standard InChI is InChI=1S/C14H20ClN3O/c1-9-4-3-5-18(8-9)14(19)17-13-7-11(15)12(16)6-10(13)2/h6-7,9H,3-5,8,16H2,1-2H3,(H,17,19). The zero-order valence-electron chi connectivity index (χ0n) is 11.4. The lowest BCUT2D eigenvalue weighted by molar-refractivity contribution is 0.182. The van der Waals surface area contributed by atoms with Gasteiger partial charge in [0.1, 0.15) is 0 Å². The van der Waals surface area contributed by atoms with Crippen LogP contribution in [0.3, 0.4) is 0 Å². The van der Waals surface area contributed by atoms with Crippen molar-refractivity contribution >= 4 is 29.0 Å². The van der Waals surface area contributed by atoms with Gasteiger partial charge in [-0.25, -0.2) is 4.79 Å². The van der Waals surface area contributed by atoms with Crippen LogP contribution in [0.15, 0.2) is 12.1 Å². The summed E-state index contributed by atoms with van der Waals surface area (Å²) < 4.78 is 0. The molecular weight excluding hydrogens is 262 g/mol. The van der Waals surface area contributed by atoms with Crippen molar-refractivity contribution in [2.45, 2.75) is 26.7 Å². The number of nitrogens with zero attached hydrogens (tertiary/aromatic N) is 1. The van der Waals surface area contributed by atoms with Crippen LogP contribution < -0.4 is 11.1 Å². The van der Waals surface area contributed by atoms with Crippen LogP contribution in [0.1, 0.15) is 25.3 Å². The average molecular weight is 282 g/mol. The summed E-state index contributed by atoms with van der Waals surface area (Å²) in [6.45, 7) is 5.71. The van der Waals surface area contributed by atoms with Crippen LogP contribution in [-0.4, -0.2) is 24.0 Å². The number of carbonyl (C=O) groups excluding carboxylic acids is 1. The normalized spacial score (nSPS) is 19.3. The van der Waals surface area contributed by atoms with E-state index >= 15 is 0 Å². The van der Waals surface area contributed by atoms with Crippen LogP contribution in [-0.2, 0) is 0 Å². The predicted octanol–water partition coefficient (Wildman–Crippen LogP) is 3.49. The molecule has 104 valence electrons. The molecule has 1 heterocycles. The van der Waals surface area contributed by atoms with E-state index in [0.29, 0.717) is 16.6 Å². The predicted molar refractivity (Wildman–Crippen MR) is 79.6 cm³/mol. The highest BCUT2D eigenvalue weighted by Gasteiger charge is 2.21. The number of hydrogen-bond donors (Lipinski definition) is 2. The van der Waals surface area contributed by atoms with E-state index in [-0.39, 0.29) is 6.03 Å². The first-order chi connectivity index (χ1) is 8.97. The number of anilines is 2. The molecule has 0 aromatic heterocycles. The molecule has 1 aliphatic heterocycles. The lowest BCUT2D eigenvalue weighted by Crippen LogP contribution is -2.41. The monoisotopic (exact) mass is 281 g/mol. The van der Waals surface area contributed by atoms with Crippen LogP contribution in [0.25, 0.3) is 0 Å². The smallest absolute Gasteiger partial charge is 0.321 e. The summed E-state index contributed by atoms with van der Waals surface area (Å²) in [7, 11) is 0. The number of urea groups is 1. The number of amides is 2. The Morgan fingerprint density at radius 2 is 2.26 bits per heavy atom. The summed E-state index contributed by atoms with van der Waals surface area (Å²) >= 11 is 5.99. The third-order valence-corrected chi connectivity index (χ3v) is 3.86. The number of carbonyl (C=O) groups is 1. The molecule has 0 radical (unpaired) electrons. The van der Waals surface area contributed by atoms with Gasteiger partial charge in [0.2, 0.25) is 0 Å². The van der Waals surface area contributed by atoms with E-state index in [1.807, 2.05) is 11.8 Å². The lowest BCUT2D eigenvalue weighted by atomic mass is 10.0. The minimum Gasteiger partial charge on any atom is -0.398 e. The summed E-state index contributed by atoms with van der Waals surface area (Å²) in [5, 5.41) is 3.38. The van der Waals surface area contributed by atoms with E-state index in [1.165, 1.54) is 6.42 Å². The summed E-state index contributed by atoms with van der Waals surface area (Å²) in [5.74, 6) is 0.565. The van der Waals surface area contributed by atoms with Crippen LogP contribution in [0.2, 0.25) is 5.02 Å². The number of benzene rings is 1. The fourth-order valence-electron chi connectivity index (χ4n) is 2.41. The van der Waals surface area contributed by atoms with Gasteiger partial charge in [-0.2, -0.15) is 0 Å². The van der Waals surface area contributed by atoms with Crippen LogP contribution >= 0.6 is 11.6 Å². The summed E-state index contributed by atoms with van der Waals surface area (Å²) in [5.41, 5.74) is 7.90. The first-order valence-electron chi connectivity index (χ1n) is 6.59.